The Balaban J connectivity index is 2.15. The van der Waals surface area contributed by atoms with Crippen LogP contribution in [0.5, 0.6) is 0 Å². The molecule has 0 radical (unpaired) electrons. The maximum absolute atomic E-state index is 13.8. The van der Waals surface area contributed by atoms with Crippen molar-refractivity contribution in [2.45, 2.75) is 19.4 Å². The summed E-state index contributed by atoms with van der Waals surface area (Å²) in [5.74, 6) is -0.483. The third kappa shape index (κ3) is 3.36. The second-order valence-corrected chi connectivity index (χ2v) is 5.87. The highest BCUT2D eigenvalue weighted by molar-refractivity contribution is 6.31. The molecule has 1 fully saturated rings. The van der Waals surface area contributed by atoms with E-state index in [1.807, 2.05) is 0 Å². The highest BCUT2D eigenvalue weighted by Crippen LogP contribution is 2.32. The molecule has 0 bridgehead atoms. The molecule has 0 atom stereocenters. The second-order valence-electron chi connectivity index (χ2n) is 5.46. The molecule has 1 aromatic carbocycles. The zero-order valence-electron chi connectivity index (χ0n) is 12.1. The molecule has 1 amide bonds. The lowest BCUT2D eigenvalue weighted by Gasteiger charge is -2.37. The average molecular weight is 315 g/mol. The highest BCUT2D eigenvalue weighted by atomic mass is 35.5. The molecule has 4 nitrogen and oxygen atoms in total. The van der Waals surface area contributed by atoms with Gasteiger partial charge in [-0.3, -0.25) is 4.79 Å². The summed E-state index contributed by atoms with van der Waals surface area (Å²) in [6.07, 6.45) is 1.19. The van der Waals surface area contributed by atoms with Crippen LogP contribution in [-0.4, -0.2) is 37.6 Å². The first-order chi connectivity index (χ1) is 10.00. The number of nitrogens with zero attached hydrogens (tertiary/aromatic N) is 1. The molecule has 1 aliphatic heterocycles. The van der Waals surface area contributed by atoms with E-state index in [0.717, 1.165) is 0 Å². The van der Waals surface area contributed by atoms with Crippen LogP contribution in [0.1, 0.15) is 18.4 Å². The Bertz CT molecular complexity index is 498. The molecule has 116 valence electrons. The Morgan fingerprint density at radius 1 is 1.48 bits per heavy atom. The number of halogens is 2. The molecule has 0 spiro atoms. The maximum Gasteiger partial charge on any atom is 0.230 e. The van der Waals surface area contributed by atoms with E-state index in [2.05, 4.69) is 0 Å². The lowest BCUT2D eigenvalue weighted by Crippen LogP contribution is -2.49. The molecule has 0 aliphatic carbocycles. The van der Waals surface area contributed by atoms with Crippen molar-refractivity contribution in [2.24, 2.45) is 11.1 Å². The van der Waals surface area contributed by atoms with Crippen molar-refractivity contribution in [2.75, 3.05) is 26.8 Å². The van der Waals surface area contributed by atoms with Gasteiger partial charge in [-0.25, -0.2) is 4.39 Å². The summed E-state index contributed by atoms with van der Waals surface area (Å²) < 4.78 is 19.1. The van der Waals surface area contributed by atoms with Gasteiger partial charge in [0.1, 0.15) is 5.82 Å². The average Bonchev–Trinajstić information content (AvgIpc) is 2.50. The highest BCUT2D eigenvalue weighted by Gasteiger charge is 2.40. The van der Waals surface area contributed by atoms with Crippen LogP contribution in [0.3, 0.4) is 0 Å². The molecule has 0 saturated carbocycles. The summed E-state index contributed by atoms with van der Waals surface area (Å²) in [5.41, 5.74) is 5.55. The van der Waals surface area contributed by atoms with Crippen molar-refractivity contribution >= 4 is 17.5 Å². The van der Waals surface area contributed by atoms with Gasteiger partial charge in [-0.2, -0.15) is 0 Å². The van der Waals surface area contributed by atoms with Crippen LogP contribution in [0.15, 0.2) is 18.2 Å². The predicted octanol–water partition coefficient (Wildman–Crippen LogP) is 2.19. The fraction of sp³-hybridized carbons (Fsp3) is 0.533. The Kier molecular flexibility index (Phi) is 5.19. The molecule has 2 rings (SSSR count). The quantitative estimate of drug-likeness (QED) is 0.927. The standard InChI is InChI=1S/C15H20ClFN2O2/c1-19(9-11-12(16)3-2-4-13(11)17)14(20)15(10-18)5-7-21-8-6-15/h2-4H,5-10,18H2,1H3. The van der Waals surface area contributed by atoms with Gasteiger partial charge in [0, 0.05) is 43.9 Å². The first kappa shape index (κ1) is 16.2. The smallest absolute Gasteiger partial charge is 0.230 e. The van der Waals surface area contributed by atoms with Gasteiger partial charge in [-0.1, -0.05) is 17.7 Å². The molecule has 1 aliphatic rings. The largest absolute Gasteiger partial charge is 0.381 e. The zero-order chi connectivity index (χ0) is 15.5. The van der Waals surface area contributed by atoms with Gasteiger partial charge in [0.2, 0.25) is 5.91 Å². The van der Waals surface area contributed by atoms with Crippen LogP contribution in [0.4, 0.5) is 4.39 Å². The van der Waals surface area contributed by atoms with Gasteiger partial charge < -0.3 is 15.4 Å². The van der Waals surface area contributed by atoms with E-state index in [-0.39, 0.29) is 19.0 Å². The predicted molar refractivity (Wildman–Crippen MR) is 79.4 cm³/mol. The minimum atomic E-state index is -0.606. The Morgan fingerprint density at radius 3 is 2.71 bits per heavy atom. The van der Waals surface area contributed by atoms with Crippen LogP contribution in [0, 0.1) is 11.2 Å². The number of benzene rings is 1. The number of hydrogen-bond acceptors (Lipinski definition) is 3. The zero-order valence-corrected chi connectivity index (χ0v) is 12.8. The van der Waals surface area contributed by atoms with Gasteiger partial charge >= 0.3 is 0 Å². The van der Waals surface area contributed by atoms with E-state index in [1.54, 1.807) is 19.2 Å². The van der Waals surface area contributed by atoms with Crippen molar-refractivity contribution < 1.29 is 13.9 Å². The fourth-order valence-corrected chi connectivity index (χ4v) is 2.89. The molecule has 1 saturated heterocycles. The van der Waals surface area contributed by atoms with E-state index in [4.69, 9.17) is 22.1 Å². The van der Waals surface area contributed by atoms with Gasteiger partial charge in [-0.15, -0.1) is 0 Å². The number of amides is 1. The van der Waals surface area contributed by atoms with Crippen LogP contribution in [0.25, 0.3) is 0 Å². The topological polar surface area (TPSA) is 55.6 Å². The number of rotatable bonds is 4. The summed E-state index contributed by atoms with van der Waals surface area (Å²) in [5, 5.41) is 0.323. The SMILES string of the molecule is CN(Cc1c(F)cccc1Cl)C(=O)C1(CN)CCOCC1. The van der Waals surface area contributed by atoms with E-state index >= 15 is 0 Å². The van der Waals surface area contributed by atoms with E-state index in [0.29, 0.717) is 36.6 Å². The normalized spacial score (nSPS) is 17.5. The van der Waals surface area contributed by atoms with Crippen molar-refractivity contribution in [1.29, 1.82) is 0 Å². The van der Waals surface area contributed by atoms with Crippen molar-refractivity contribution in [3.05, 3.63) is 34.6 Å². The molecular weight excluding hydrogens is 295 g/mol. The minimum Gasteiger partial charge on any atom is -0.381 e. The first-order valence-electron chi connectivity index (χ1n) is 6.96. The molecular formula is C15H20ClFN2O2. The van der Waals surface area contributed by atoms with Crippen molar-refractivity contribution in [3.63, 3.8) is 0 Å². The van der Waals surface area contributed by atoms with Gasteiger partial charge in [0.15, 0.2) is 0 Å². The molecule has 6 heteroatoms. The number of nitrogens with two attached hydrogens (primary N) is 1. The number of carbonyl (C=O) groups is 1. The molecule has 1 heterocycles. The van der Waals surface area contributed by atoms with Crippen LogP contribution in [0.2, 0.25) is 5.02 Å². The summed E-state index contributed by atoms with van der Waals surface area (Å²) in [6, 6.07) is 4.50. The summed E-state index contributed by atoms with van der Waals surface area (Å²) >= 11 is 6.01. The van der Waals surface area contributed by atoms with E-state index < -0.39 is 11.2 Å². The van der Waals surface area contributed by atoms with Crippen molar-refractivity contribution in [1.82, 2.24) is 4.90 Å². The molecule has 2 N–H and O–H groups in total. The minimum absolute atomic E-state index is 0.0763. The summed E-state index contributed by atoms with van der Waals surface area (Å²) in [6.45, 7) is 1.45. The Hall–Kier alpha value is -1.17. The van der Waals surface area contributed by atoms with Crippen LogP contribution >= 0.6 is 11.6 Å². The monoisotopic (exact) mass is 314 g/mol. The summed E-state index contributed by atoms with van der Waals surface area (Å²) in [4.78, 5) is 14.2. The second kappa shape index (κ2) is 6.73. The van der Waals surface area contributed by atoms with Gasteiger partial charge in [-0.05, 0) is 25.0 Å². The van der Waals surface area contributed by atoms with E-state index in [9.17, 15) is 9.18 Å². The molecule has 0 unspecified atom stereocenters. The van der Waals surface area contributed by atoms with Gasteiger partial charge in [0.25, 0.3) is 0 Å². The third-order valence-corrected chi connectivity index (χ3v) is 4.45. The Morgan fingerprint density at radius 2 is 2.14 bits per heavy atom. The lowest BCUT2D eigenvalue weighted by atomic mass is 9.79. The van der Waals surface area contributed by atoms with Gasteiger partial charge in [0.05, 0.1) is 5.41 Å². The summed E-state index contributed by atoms with van der Waals surface area (Å²) in [7, 11) is 1.65. The van der Waals surface area contributed by atoms with Crippen molar-refractivity contribution in [3.8, 4) is 0 Å². The molecule has 21 heavy (non-hydrogen) atoms. The number of carbonyl (C=O) groups excluding carboxylic acids is 1. The molecule has 1 aromatic rings. The lowest BCUT2D eigenvalue weighted by molar-refractivity contribution is -0.146. The number of ether oxygens (including phenoxy) is 1. The maximum atomic E-state index is 13.8. The fourth-order valence-electron chi connectivity index (χ4n) is 2.66. The van der Waals surface area contributed by atoms with Crippen LogP contribution in [-0.2, 0) is 16.1 Å². The first-order valence-corrected chi connectivity index (χ1v) is 7.34. The number of hydrogen-bond donors (Lipinski definition) is 1. The van der Waals surface area contributed by atoms with E-state index in [1.165, 1.54) is 11.0 Å². The third-order valence-electron chi connectivity index (χ3n) is 4.10. The Labute approximate surface area is 129 Å². The molecule has 0 aromatic heterocycles. The van der Waals surface area contributed by atoms with Crippen LogP contribution < -0.4 is 5.73 Å².